The lowest BCUT2D eigenvalue weighted by atomic mass is 9.92. The first-order chi connectivity index (χ1) is 51.6. The number of imidazole rings is 2. The van der Waals surface area contributed by atoms with Crippen LogP contribution in [0, 0.1) is 0 Å². The number of aromatic nitrogens is 5. The van der Waals surface area contributed by atoms with Crippen LogP contribution in [0.5, 0.6) is 0 Å². The molecule has 0 aliphatic carbocycles. The fraction of sp³-hybridized carbons (Fsp3) is 0. The van der Waals surface area contributed by atoms with Crippen molar-refractivity contribution in [2.75, 3.05) is 4.90 Å². The second kappa shape index (κ2) is 20.8. The lowest BCUT2D eigenvalue weighted by Crippen LogP contribution is -2.10. The van der Waals surface area contributed by atoms with E-state index in [1.165, 1.54) is 192 Å². The summed E-state index contributed by atoms with van der Waals surface area (Å²) in [6, 6.07) is 131. The predicted molar refractivity (Wildman–Crippen MR) is 438 cm³/mol. The van der Waals surface area contributed by atoms with Crippen molar-refractivity contribution in [3.63, 3.8) is 0 Å². The Labute approximate surface area is 595 Å². The Kier molecular flexibility index (Phi) is 11.2. The van der Waals surface area contributed by atoms with Crippen LogP contribution in [0.25, 0.3) is 203 Å². The Morgan fingerprint density at radius 2 is 0.587 bits per heavy atom. The van der Waals surface area contributed by atoms with Crippen LogP contribution in [0.4, 0.5) is 17.1 Å². The maximum atomic E-state index is 2.52. The summed E-state index contributed by atoms with van der Waals surface area (Å²) < 4.78 is 12.4. The quantitative estimate of drug-likeness (QED) is 0.139. The number of benzene rings is 17. The van der Waals surface area contributed by atoms with Crippen molar-refractivity contribution < 1.29 is 0 Å². The molecule has 17 aromatic carbocycles. The standard InChI is InChI=1S/C98H58N6/c1-3-19-73-59(16-1)18-15-25-74(73)60-34-41-69(42-35-60)99(71-45-48-77-67(54-71)33-32-66-52-62(38-47-76(66)77)63-39-49-89-83(55-63)95-80-23-7-11-28-87(80)101-91-30-13-14-31-92(91)103(89)97(95)101)70-43-36-61(37-44-70)82-56-68(53-65-17-2-4-20-75(65)82)64-40-50-93-94(57-64)104-90-51-46-72(58-84(90)96-81-24-8-12-29-88(81)102(93)98(96)104)100-85-26-9-5-21-78(85)79-22-6-10-27-86(79)100/h1-58H. The van der Waals surface area contributed by atoms with Gasteiger partial charge in [-0.3, -0.25) is 17.6 Å². The van der Waals surface area contributed by atoms with E-state index in [4.69, 9.17) is 0 Å². The van der Waals surface area contributed by atoms with E-state index < -0.39 is 0 Å². The largest absolute Gasteiger partial charge is 0.310 e. The summed E-state index contributed by atoms with van der Waals surface area (Å²) in [4.78, 5) is 2.42. The average molecular weight is 1320 g/mol. The summed E-state index contributed by atoms with van der Waals surface area (Å²) in [6.45, 7) is 0. The van der Waals surface area contributed by atoms with E-state index >= 15 is 0 Å². The summed E-state index contributed by atoms with van der Waals surface area (Å²) in [5.41, 5.74) is 28.5. The van der Waals surface area contributed by atoms with Gasteiger partial charge in [-0.25, -0.2) is 0 Å². The van der Waals surface area contributed by atoms with Crippen LogP contribution < -0.4 is 4.90 Å². The van der Waals surface area contributed by atoms with Crippen molar-refractivity contribution in [1.82, 2.24) is 22.2 Å². The Balaban J connectivity index is 0.615. The Hall–Kier alpha value is -13.9. The summed E-state index contributed by atoms with van der Waals surface area (Å²) >= 11 is 0. The van der Waals surface area contributed by atoms with Gasteiger partial charge in [-0.1, -0.05) is 218 Å². The van der Waals surface area contributed by atoms with E-state index in [-0.39, 0.29) is 0 Å². The number of rotatable bonds is 8. The zero-order chi connectivity index (χ0) is 67.6. The van der Waals surface area contributed by atoms with Gasteiger partial charge < -0.3 is 9.47 Å². The molecule has 24 aromatic rings. The molecule has 0 radical (unpaired) electrons. The van der Waals surface area contributed by atoms with Gasteiger partial charge in [0.15, 0.2) is 0 Å². The molecule has 104 heavy (non-hydrogen) atoms. The second-order valence-corrected chi connectivity index (χ2v) is 28.4. The molecule has 0 amide bonds. The second-order valence-electron chi connectivity index (χ2n) is 28.4. The molecule has 0 aliphatic rings. The molecule has 6 nitrogen and oxygen atoms in total. The molecule has 0 aliphatic heterocycles. The fourth-order valence-electron chi connectivity index (χ4n) is 18.5. The molecular formula is C98H58N6. The number of hydrogen-bond donors (Lipinski definition) is 0. The van der Waals surface area contributed by atoms with Gasteiger partial charge in [0.2, 0.25) is 0 Å². The molecule has 6 heteroatoms. The molecule has 480 valence electrons. The topological polar surface area (TPSA) is 25.8 Å². The minimum absolute atomic E-state index is 1.07. The molecular weight excluding hydrogens is 1260 g/mol. The lowest BCUT2D eigenvalue weighted by Gasteiger charge is -2.26. The van der Waals surface area contributed by atoms with Gasteiger partial charge in [-0.2, -0.15) is 0 Å². The zero-order valence-corrected chi connectivity index (χ0v) is 56.2. The molecule has 24 rings (SSSR count). The number of para-hydroxylation sites is 6. The third-order valence-electron chi connectivity index (χ3n) is 23.0. The normalized spacial score (nSPS) is 12.4. The van der Waals surface area contributed by atoms with Crippen molar-refractivity contribution in [2.24, 2.45) is 0 Å². The Morgan fingerprint density at radius 1 is 0.183 bits per heavy atom. The van der Waals surface area contributed by atoms with Crippen LogP contribution in [-0.4, -0.2) is 22.2 Å². The minimum Gasteiger partial charge on any atom is -0.310 e. The van der Waals surface area contributed by atoms with Gasteiger partial charge >= 0.3 is 0 Å². The number of fused-ring (bicyclic) bond motifs is 26. The molecule has 0 fully saturated rings. The first kappa shape index (κ1) is 55.9. The summed E-state index contributed by atoms with van der Waals surface area (Å²) in [5, 5.41) is 19.9. The smallest absolute Gasteiger partial charge is 0.131 e. The molecule has 7 aromatic heterocycles. The lowest BCUT2D eigenvalue weighted by molar-refractivity contribution is 1.18. The van der Waals surface area contributed by atoms with Crippen LogP contribution in [0.1, 0.15) is 0 Å². The number of hydrogen-bond acceptors (Lipinski definition) is 1. The first-order valence-electron chi connectivity index (χ1n) is 36.0. The van der Waals surface area contributed by atoms with Gasteiger partial charge in [0.05, 0.1) is 55.2 Å². The molecule has 0 spiro atoms. The van der Waals surface area contributed by atoms with Crippen LogP contribution in [0.3, 0.4) is 0 Å². The SMILES string of the molecule is c1ccc2c(-c3ccc(N(c4ccc(-c5cc(-c6ccc7c(c6)n6c8ccc(-n9c%10ccccc%10c%10ccccc%109)cc8c8c9ccccc9n7c86)cc6ccccc56)cc4)c4ccc5c(ccc6cc(-c7ccc8c(c7)c7c9ccccc9n9c%10ccccc%10n8c79)ccc65)c4)cc3)cccc2c1. The van der Waals surface area contributed by atoms with E-state index in [9.17, 15) is 0 Å². The molecule has 0 atom stereocenters. The Morgan fingerprint density at radius 3 is 1.23 bits per heavy atom. The molecule has 7 heterocycles. The maximum Gasteiger partial charge on any atom is 0.131 e. The summed E-state index contributed by atoms with van der Waals surface area (Å²) in [7, 11) is 0. The fourth-order valence-corrected chi connectivity index (χ4v) is 18.5. The van der Waals surface area contributed by atoms with Gasteiger partial charge in [0, 0.05) is 65.8 Å². The minimum atomic E-state index is 1.07. The van der Waals surface area contributed by atoms with E-state index in [0.717, 1.165) is 28.3 Å². The van der Waals surface area contributed by atoms with E-state index in [1.54, 1.807) is 0 Å². The van der Waals surface area contributed by atoms with E-state index in [0.29, 0.717) is 0 Å². The van der Waals surface area contributed by atoms with Gasteiger partial charge in [0.25, 0.3) is 0 Å². The third-order valence-corrected chi connectivity index (χ3v) is 23.0. The zero-order valence-electron chi connectivity index (χ0n) is 56.2. The van der Waals surface area contributed by atoms with Crippen LogP contribution in [-0.2, 0) is 0 Å². The van der Waals surface area contributed by atoms with Gasteiger partial charge in [-0.15, -0.1) is 0 Å². The van der Waals surface area contributed by atoms with Gasteiger partial charge in [-0.05, 0) is 221 Å². The molecule has 0 N–H and O–H groups in total. The van der Waals surface area contributed by atoms with Crippen molar-refractivity contribution >= 4 is 170 Å². The van der Waals surface area contributed by atoms with Gasteiger partial charge in [0.1, 0.15) is 11.3 Å². The molecule has 0 saturated heterocycles. The number of anilines is 3. The molecule has 0 saturated carbocycles. The summed E-state index contributed by atoms with van der Waals surface area (Å²) in [6.07, 6.45) is 0. The van der Waals surface area contributed by atoms with Crippen molar-refractivity contribution in [3.05, 3.63) is 352 Å². The van der Waals surface area contributed by atoms with Crippen molar-refractivity contribution in [1.29, 1.82) is 0 Å². The van der Waals surface area contributed by atoms with Crippen molar-refractivity contribution in [3.8, 4) is 50.2 Å². The first-order valence-corrected chi connectivity index (χ1v) is 36.0. The highest BCUT2D eigenvalue weighted by molar-refractivity contribution is 6.26. The highest BCUT2D eigenvalue weighted by Gasteiger charge is 2.27. The van der Waals surface area contributed by atoms with Crippen LogP contribution >= 0.6 is 0 Å². The Bertz CT molecular complexity index is 7720. The third kappa shape index (κ3) is 7.67. The maximum absolute atomic E-state index is 2.52. The van der Waals surface area contributed by atoms with E-state index in [1.807, 2.05) is 0 Å². The number of nitrogens with zero attached hydrogens (tertiary/aromatic N) is 6. The summed E-state index contributed by atoms with van der Waals surface area (Å²) in [5.74, 6) is 0. The highest BCUT2D eigenvalue weighted by Crippen LogP contribution is 2.48. The van der Waals surface area contributed by atoms with Crippen molar-refractivity contribution in [2.45, 2.75) is 0 Å². The molecule has 0 unspecified atom stereocenters. The predicted octanol–water partition coefficient (Wildman–Crippen LogP) is 26.3. The van der Waals surface area contributed by atoms with Crippen LogP contribution in [0.15, 0.2) is 352 Å². The average Bonchev–Trinajstić information content (AvgIpc) is 1.52. The monoisotopic (exact) mass is 1320 g/mol. The van der Waals surface area contributed by atoms with Crippen LogP contribution in [0.2, 0.25) is 0 Å². The highest BCUT2D eigenvalue weighted by atomic mass is 15.1. The molecule has 0 bridgehead atoms. The van der Waals surface area contributed by atoms with E-state index in [2.05, 4.69) is 379 Å².